The Bertz CT molecular complexity index is 1040. The molecule has 1 aromatic heterocycles. The first kappa shape index (κ1) is 17.9. The molecule has 0 N–H and O–H groups in total. The van der Waals surface area contributed by atoms with Gasteiger partial charge in [-0.05, 0) is 12.1 Å². The molecule has 0 fully saturated rings. The van der Waals surface area contributed by atoms with Crippen LogP contribution in [0.3, 0.4) is 0 Å². The lowest BCUT2D eigenvalue weighted by Gasteiger charge is -2.08. The van der Waals surface area contributed by atoms with Crippen molar-refractivity contribution in [1.29, 1.82) is 0 Å². The minimum Gasteiger partial charge on any atom is -0.457 e. The highest BCUT2D eigenvalue weighted by molar-refractivity contribution is 7.90. The fourth-order valence-electron chi connectivity index (χ4n) is 2.66. The van der Waals surface area contributed by atoms with E-state index < -0.39 is 15.8 Å². The predicted octanol–water partition coefficient (Wildman–Crippen LogP) is 2.85. The fourth-order valence-corrected chi connectivity index (χ4v) is 3.54. The van der Waals surface area contributed by atoms with Gasteiger partial charge in [0.2, 0.25) is 0 Å². The molecule has 0 amide bonds. The molecule has 0 radical (unpaired) electrons. The Morgan fingerprint density at radius 2 is 1.73 bits per heavy atom. The zero-order chi connectivity index (χ0) is 18.7. The lowest BCUT2D eigenvalue weighted by molar-refractivity contribution is 0.0468. The fraction of sp³-hybridized carbons (Fsp3) is 0.158. The third kappa shape index (κ3) is 3.83. The van der Waals surface area contributed by atoms with Gasteiger partial charge in [0.15, 0.2) is 9.84 Å². The molecule has 2 aromatic carbocycles. The highest BCUT2D eigenvalue weighted by atomic mass is 32.2. The van der Waals surface area contributed by atoms with Gasteiger partial charge in [0.05, 0.1) is 16.2 Å². The first-order valence-corrected chi connectivity index (χ1v) is 9.79. The molecule has 0 aliphatic rings. The molecule has 6 nitrogen and oxygen atoms in total. The summed E-state index contributed by atoms with van der Waals surface area (Å²) in [6.07, 6.45) is 2.84. The molecular weight excluding hydrogens is 352 g/mol. The summed E-state index contributed by atoms with van der Waals surface area (Å²) >= 11 is 0. The molecule has 7 heteroatoms. The number of aromatic nitrogens is 2. The summed E-state index contributed by atoms with van der Waals surface area (Å²) in [5.74, 6) is -0.686. The molecule has 0 atom stereocenters. The Labute approximate surface area is 152 Å². The molecular formula is C19H18N2O4S. The predicted molar refractivity (Wildman–Crippen MR) is 97.3 cm³/mol. The number of hydrogen-bond donors (Lipinski definition) is 0. The van der Waals surface area contributed by atoms with Crippen molar-refractivity contribution in [3.63, 3.8) is 0 Å². The summed E-state index contributed by atoms with van der Waals surface area (Å²) in [6.45, 7) is -0.00496. The van der Waals surface area contributed by atoms with E-state index >= 15 is 0 Å². The number of rotatable bonds is 5. The van der Waals surface area contributed by atoms with Crippen molar-refractivity contribution in [2.24, 2.45) is 7.05 Å². The van der Waals surface area contributed by atoms with Crippen molar-refractivity contribution >= 4 is 15.8 Å². The van der Waals surface area contributed by atoms with Gasteiger partial charge in [0.1, 0.15) is 6.61 Å². The molecule has 3 rings (SSSR count). The summed E-state index contributed by atoms with van der Waals surface area (Å²) in [4.78, 5) is 12.4. The summed E-state index contributed by atoms with van der Waals surface area (Å²) in [5, 5.41) is 4.42. The molecule has 0 aliphatic heterocycles. The van der Waals surface area contributed by atoms with Gasteiger partial charge >= 0.3 is 5.97 Å². The van der Waals surface area contributed by atoms with E-state index in [-0.39, 0.29) is 17.1 Å². The molecule has 134 valence electrons. The molecule has 0 unspecified atom stereocenters. The van der Waals surface area contributed by atoms with Gasteiger partial charge in [-0.3, -0.25) is 4.68 Å². The number of aryl methyl sites for hydroxylation is 1. The van der Waals surface area contributed by atoms with Crippen LogP contribution in [0.1, 0.15) is 15.9 Å². The van der Waals surface area contributed by atoms with E-state index in [1.807, 2.05) is 30.3 Å². The Balaban J connectivity index is 1.84. The van der Waals surface area contributed by atoms with Crippen molar-refractivity contribution in [2.75, 3.05) is 6.26 Å². The van der Waals surface area contributed by atoms with Crippen molar-refractivity contribution in [3.8, 4) is 11.3 Å². The molecule has 0 saturated carbocycles. The second kappa shape index (κ2) is 7.13. The van der Waals surface area contributed by atoms with Crippen LogP contribution in [-0.2, 0) is 28.2 Å². The first-order valence-electron chi connectivity index (χ1n) is 7.90. The zero-order valence-electron chi connectivity index (χ0n) is 14.4. The maximum atomic E-state index is 12.4. The van der Waals surface area contributed by atoms with E-state index in [1.165, 1.54) is 12.1 Å². The highest BCUT2D eigenvalue weighted by Gasteiger charge is 2.20. The van der Waals surface area contributed by atoms with Crippen molar-refractivity contribution < 1.29 is 17.9 Å². The lowest BCUT2D eigenvalue weighted by Crippen LogP contribution is -2.11. The minimum atomic E-state index is -3.53. The number of carbonyl (C=O) groups is 1. The van der Waals surface area contributed by atoms with E-state index in [1.54, 1.807) is 30.1 Å². The monoisotopic (exact) mass is 370 g/mol. The Hall–Kier alpha value is -2.93. The third-order valence-corrected chi connectivity index (χ3v) is 4.97. The average molecular weight is 370 g/mol. The number of carbonyl (C=O) groups excluding carboxylic acids is 1. The lowest BCUT2D eigenvalue weighted by atomic mass is 10.1. The van der Waals surface area contributed by atoms with Crippen LogP contribution in [0, 0.1) is 0 Å². The smallest absolute Gasteiger partial charge is 0.339 e. The average Bonchev–Trinajstić information content (AvgIpc) is 3.00. The van der Waals surface area contributed by atoms with Crippen LogP contribution in [-0.4, -0.2) is 30.4 Å². The van der Waals surface area contributed by atoms with Crippen LogP contribution in [0.15, 0.2) is 65.7 Å². The summed E-state index contributed by atoms with van der Waals surface area (Å²) in [6, 6.07) is 15.6. The standard InChI is InChI=1S/C19H18N2O4S/c1-21-12-15(18(20-21)14-8-4-3-5-9-14)13-25-19(22)16-10-6-7-11-17(16)26(2,23)24/h3-12H,13H2,1-2H3. The largest absolute Gasteiger partial charge is 0.457 e. The number of sulfone groups is 1. The summed E-state index contributed by atoms with van der Waals surface area (Å²) in [7, 11) is -1.74. The number of hydrogen-bond acceptors (Lipinski definition) is 5. The second-order valence-electron chi connectivity index (χ2n) is 5.89. The minimum absolute atomic E-state index is 0.00496. The topological polar surface area (TPSA) is 78.3 Å². The zero-order valence-corrected chi connectivity index (χ0v) is 15.2. The molecule has 1 heterocycles. The summed E-state index contributed by atoms with van der Waals surface area (Å²) < 4.78 is 30.7. The van der Waals surface area contributed by atoms with Gasteiger partial charge in [-0.2, -0.15) is 5.10 Å². The summed E-state index contributed by atoms with van der Waals surface area (Å²) in [5.41, 5.74) is 2.40. The van der Waals surface area contributed by atoms with Crippen LogP contribution in [0.4, 0.5) is 0 Å². The second-order valence-corrected chi connectivity index (χ2v) is 7.87. The molecule has 26 heavy (non-hydrogen) atoms. The van der Waals surface area contributed by atoms with Gasteiger partial charge in [0, 0.05) is 30.6 Å². The van der Waals surface area contributed by atoms with Crippen molar-refractivity contribution in [2.45, 2.75) is 11.5 Å². The quantitative estimate of drug-likeness (QED) is 0.646. The van der Waals surface area contributed by atoms with E-state index in [0.717, 1.165) is 23.1 Å². The first-order chi connectivity index (χ1) is 12.4. The molecule has 0 spiro atoms. The SMILES string of the molecule is Cn1cc(COC(=O)c2ccccc2S(C)(=O)=O)c(-c2ccccc2)n1. The number of benzene rings is 2. The Morgan fingerprint density at radius 1 is 1.08 bits per heavy atom. The number of nitrogens with zero attached hydrogens (tertiary/aromatic N) is 2. The van der Waals surface area contributed by atoms with E-state index in [4.69, 9.17) is 4.74 Å². The molecule has 0 saturated heterocycles. The maximum Gasteiger partial charge on any atom is 0.339 e. The Kier molecular flexibility index (Phi) is 4.90. The van der Waals surface area contributed by atoms with Gasteiger partial charge in [0.25, 0.3) is 0 Å². The van der Waals surface area contributed by atoms with E-state index in [9.17, 15) is 13.2 Å². The van der Waals surface area contributed by atoms with E-state index in [0.29, 0.717) is 0 Å². The van der Waals surface area contributed by atoms with Crippen LogP contribution >= 0.6 is 0 Å². The molecule has 0 bridgehead atoms. The maximum absolute atomic E-state index is 12.4. The third-order valence-electron chi connectivity index (χ3n) is 3.82. The number of esters is 1. The van der Waals surface area contributed by atoms with Crippen molar-refractivity contribution in [3.05, 3.63) is 71.9 Å². The van der Waals surface area contributed by atoms with Gasteiger partial charge in [-0.1, -0.05) is 42.5 Å². The van der Waals surface area contributed by atoms with E-state index in [2.05, 4.69) is 5.10 Å². The van der Waals surface area contributed by atoms with Gasteiger partial charge in [-0.25, -0.2) is 13.2 Å². The van der Waals surface area contributed by atoms with Crippen LogP contribution in [0.2, 0.25) is 0 Å². The van der Waals surface area contributed by atoms with Crippen LogP contribution < -0.4 is 0 Å². The number of ether oxygens (including phenoxy) is 1. The highest BCUT2D eigenvalue weighted by Crippen LogP contribution is 2.23. The Morgan fingerprint density at radius 3 is 2.42 bits per heavy atom. The van der Waals surface area contributed by atoms with Crippen LogP contribution in [0.5, 0.6) is 0 Å². The van der Waals surface area contributed by atoms with Gasteiger partial charge < -0.3 is 4.74 Å². The normalized spacial score (nSPS) is 11.3. The molecule has 3 aromatic rings. The van der Waals surface area contributed by atoms with Crippen LogP contribution in [0.25, 0.3) is 11.3 Å². The molecule has 0 aliphatic carbocycles. The van der Waals surface area contributed by atoms with Crippen molar-refractivity contribution in [1.82, 2.24) is 9.78 Å². The van der Waals surface area contributed by atoms with Gasteiger partial charge in [-0.15, -0.1) is 0 Å².